The van der Waals surface area contributed by atoms with Crippen molar-refractivity contribution in [2.24, 2.45) is 11.3 Å². The van der Waals surface area contributed by atoms with Crippen LogP contribution in [0.3, 0.4) is 0 Å². The van der Waals surface area contributed by atoms with Gasteiger partial charge in [0, 0.05) is 18.1 Å². The van der Waals surface area contributed by atoms with Crippen LogP contribution in [-0.4, -0.2) is 34.7 Å². The lowest BCUT2D eigenvalue weighted by Crippen LogP contribution is -2.46. The Morgan fingerprint density at radius 3 is 1.93 bits per heavy atom. The molecule has 15 heavy (non-hydrogen) atoms. The second kappa shape index (κ2) is 4.06. The van der Waals surface area contributed by atoms with Gasteiger partial charge in [-0.2, -0.15) is 0 Å². The van der Waals surface area contributed by atoms with Crippen molar-refractivity contribution in [1.29, 1.82) is 0 Å². The molecule has 0 unspecified atom stereocenters. The quantitative estimate of drug-likeness (QED) is 0.723. The largest absolute Gasteiger partial charge is 0.395 e. The number of aliphatic hydroxyl groups is 1. The molecule has 1 saturated heterocycles. The van der Waals surface area contributed by atoms with Crippen molar-refractivity contribution < 1.29 is 5.11 Å². The average molecular weight is 213 g/mol. The van der Waals surface area contributed by atoms with Gasteiger partial charge in [0.25, 0.3) is 0 Å². The number of nitrogens with zero attached hydrogens (tertiary/aromatic N) is 1. The minimum absolute atomic E-state index is 0.174. The summed E-state index contributed by atoms with van der Waals surface area (Å²) < 4.78 is 0. The fraction of sp³-hybridized carbons (Fsp3) is 1.00. The molecule has 90 valence electrons. The van der Waals surface area contributed by atoms with Gasteiger partial charge < -0.3 is 5.11 Å². The summed E-state index contributed by atoms with van der Waals surface area (Å²) in [6.45, 7) is 15.0. The van der Waals surface area contributed by atoms with Gasteiger partial charge in [-0.15, -0.1) is 0 Å². The first-order valence-electron chi connectivity index (χ1n) is 6.04. The molecule has 0 aliphatic carbocycles. The van der Waals surface area contributed by atoms with Crippen LogP contribution in [0.25, 0.3) is 0 Å². The molecule has 0 amide bonds. The highest BCUT2D eigenvalue weighted by atomic mass is 16.3. The van der Waals surface area contributed by atoms with Gasteiger partial charge in [0.2, 0.25) is 0 Å². The van der Waals surface area contributed by atoms with E-state index in [9.17, 15) is 5.11 Å². The number of hydrogen-bond donors (Lipinski definition) is 1. The molecular weight excluding hydrogens is 186 g/mol. The first-order chi connectivity index (χ1) is 6.66. The molecule has 0 spiro atoms. The Balaban J connectivity index is 2.76. The minimum Gasteiger partial charge on any atom is -0.395 e. The van der Waals surface area contributed by atoms with E-state index in [0.29, 0.717) is 24.0 Å². The maximum absolute atomic E-state index is 9.44. The second-order valence-electron chi connectivity index (χ2n) is 6.96. The van der Waals surface area contributed by atoms with Crippen LogP contribution in [0.2, 0.25) is 0 Å². The Bertz CT molecular complexity index is 212. The molecular formula is C13H27NO. The van der Waals surface area contributed by atoms with Crippen molar-refractivity contribution in [3.05, 3.63) is 0 Å². The van der Waals surface area contributed by atoms with Crippen LogP contribution in [0, 0.1) is 11.3 Å². The predicted molar refractivity (Wildman–Crippen MR) is 64.9 cm³/mol. The van der Waals surface area contributed by atoms with Crippen LogP contribution in [0.4, 0.5) is 0 Å². The van der Waals surface area contributed by atoms with Crippen molar-refractivity contribution in [2.75, 3.05) is 13.2 Å². The van der Waals surface area contributed by atoms with Gasteiger partial charge in [-0.1, -0.05) is 20.8 Å². The van der Waals surface area contributed by atoms with E-state index in [1.165, 1.54) is 0 Å². The molecule has 0 saturated carbocycles. The number of likely N-dealkylation sites (tertiary alicyclic amines) is 1. The minimum atomic E-state index is 0.174. The number of hydrogen-bond acceptors (Lipinski definition) is 2. The van der Waals surface area contributed by atoms with Crippen molar-refractivity contribution in [2.45, 2.75) is 59.5 Å². The molecule has 1 rings (SSSR count). The molecule has 1 fully saturated rings. The first-order valence-corrected chi connectivity index (χ1v) is 6.04. The fourth-order valence-electron chi connectivity index (χ4n) is 2.54. The van der Waals surface area contributed by atoms with E-state index in [1.54, 1.807) is 0 Å². The van der Waals surface area contributed by atoms with Crippen molar-refractivity contribution in [3.63, 3.8) is 0 Å². The molecule has 2 heteroatoms. The highest BCUT2D eigenvalue weighted by Gasteiger charge is 2.41. The van der Waals surface area contributed by atoms with Crippen LogP contribution in [0.5, 0.6) is 0 Å². The molecule has 0 aromatic rings. The molecule has 1 N–H and O–H groups in total. The zero-order chi connectivity index (χ0) is 11.9. The van der Waals surface area contributed by atoms with E-state index in [-0.39, 0.29) is 5.54 Å². The normalized spacial score (nSPS) is 29.8. The highest BCUT2D eigenvalue weighted by Crippen LogP contribution is 2.39. The Hall–Kier alpha value is -0.0800. The van der Waals surface area contributed by atoms with E-state index >= 15 is 0 Å². The Morgan fingerprint density at radius 2 is 1.67 bits per heavy atom. The van der Waals surface area contributed by atoms with E-state index < -0.39 is 0 Å². The Morgan fingerprint density at radius 1 is 1.13 bits per heavy atom. The third kappa shape index (κ3) is 2.94. The number of rotatable bonds is 1. The molecule has 2 atom stereocenters. The summed E-state index contributed by atoms with van der Waals surface area (Å²) in [5.41, 5.74) is 0.529. The summed E-state index contributed by atoms with van der Waals surface area (Å²) in [5.74, 6) is 0.703. The summed E-state index contributed by atoms with van der Waals surface area (Å²) in [7, 11) is 0. The third-order valence-corrected chi connectivity index (χ3v) is 3.71. The van der Waals surface area contributed by atoms with E-state index in [1.807, 2.05) is 0 Å². The summed E-state index contributed by atoms with van der Waals surface area (Å²) >= 11 is 0. The molecule has 0 bridgehead atoms. The number of aliphatic hydroxyl groups excluding tert-OH is 1. The lowest BCUT2D eigenvalue weighted by molar-refractivity contribution is 0.0769. The predicted octanol–water partition coefficient (Wildman–Crippen LogP) is 2.51. The van der Waals surface area contributed by atoms with Crippen LogP contribution in [-0.2, 0) is 0 Å². The molecule has 1 aliphatic rings. The standard InChI is InChI=1S/C13H27NO/c1-12(2,3)10-7-11(9-15)14(8-10)13(4,5)6/h10-11,15H,7-9H2,1-6H3/t10-,11+/m0/s1. The molecule has 0 aromatic carbocycles. The van der Waals surface area contributed by atoms with E-state index in [2.05, 4.69) is 46.4 Å². The topological polar surface area (TPSA) is 23.5 Å². The van der Waals surface area contributed by atoms with Gasteiger partial charge in [0.15, 0.2) is 0 Å². The van der Waals surface area contributed by atoms with Gasteiger partial charge in [0.05, 0.1) is 6.61 Å². The Kier molecular flexibility index (Phi) is 3.52. The Labute approximate surface area is 94.7 Å². The van der Waals surface area contributed by atoms with Crippen LogP contribution < -0.4 is 0 Å². The van der Waals surface area contributed by atoms with Gasteiger partial charge in [-0.25, -0.2) is 0 Å². The highest BCUT2D eigenvalue weighted by molar-refractivity contribution is 4.95. The third-order valence-electron chi connectivity index (χ3n) is 3.71. The van der Waals surface area contributed by atoms with Crippen LogP contribution in [0.15, 0.2) is 0 Å². The first kappa shape index (κ1) is 13.0. The maximum atomic E-state index is 9.44. The molecule has 2 nitrogen and oxygen atoms in total. The molecule has 0 aromatic heterocycles. The molecule has 1 heterocycles. The fourth-order valence-corrected chi connectivity index (χ4v) is 2.54. The lowest BCUT2D eigenvalue weighted by Gasteiger charge is -2.36. The van der Waals surface area contributed by atoms with E-state index in [0.717, 1.165) is 13.0 Å². The smallest absolute Gasteiger partial charge is 0.0587 e. The van der Waals surface area contributed by atoms with Crippen LogP contribution >= 0.6 is 0 Å². The summed E-state index contributed by atoms with van der Waals surface area (Å²) in [5, 5.41) is 9.44. The van der Waals surface area contributed by atoms with Gasteiger partial charge in [-0.05, 0) is 38.5 Å². The van der Waals surface area contributed by atoms with Crippen molar-refractivity contribution >= 4 is 0 Å². The van der Waals surface area contributed by atoms with Crippen LogP contribution in [0.1, 0.15) is 48.0 Å². The molecule has 0 radical (unpaired) electrons. The van der Waals surface area contributed by atoms with Crippen molar-refractivity contribution in [1.82, 2.24) is 4.90 Å². The van der Waals surface area contributed by atoms with Crippen molar-refractivity contribution in [3.8, 4) is 0 Å². The summed E-state index contributed by atoms with van der Waals surface area (Å²) in [4.78, 5) is 2.46. The lowest BCUT2D eigenvalue weighted by atomic mass is 9.79. The molecule has 1 aliphatic heterocycles. The van der Waals surface area contributed by atoms with Gasteiger partial charge in [0.1, 0.15) is 0 Å². The van der Waals surface area contributed by atoms with Gasteiger partial charge in [-0.3, -0.25) is 4.90 Å². The average Bonchev–Trinajstić information content (AvgIpc) is 2.44. The summed E-state index contributed by atoms with van der Waals surface area (Å²) in [6, 6.07) is 0.356. The second-order valence-corrected chi connectivity index (χ2v) is 6.96. The maximum Gasteiger partial charge on any atom is 0.0587 e. The monoisotopic (exact) mass is 213 g/mol. The summed E-state index contributed by atoms with van der Waals surface area (Å²) in [6.07, 6.45) is 1.14. The zero-order valence-electron chi connectivity index (χ0n) is 11.2. The van der Waals surface area contributed by atoms with Gasteiger partial charge >= 0.3 is 0 Å². The zero-order valence-corrected chi connectivity index (χ0v) is 11.2. The SMILES string of the molecule is CC(C)(C)[C@H]1C[C@H](CO)N(C(C)(C)C)C1. The van der Waals surface area contributed by atoms with E-state index in [4.69, 9.17) is 0 Å².